The van der Waals surface area contributed by atoms with E-state index in [1.165, 1.54) is 7.11 Å². The molecule has 1 unspecified atom stereocenters. The van der Waals surface area contributed by atoms with Gasteiger partial charge < -0.3 is 25.8 Å². The number of methoxy groups -OCH3 is 1. The first-order valence-corrected chi connectivity index (χ1v) is 12.2. The molecule has 3 amide bonds. The topological polar surface area (TPSA) is 117 Å². The predicted molar refractivity (Wildman–Crippen MR) is 145 cm³/mol. The number of urea groups is 1. The molecule has 3 aromatic carbocycles. The maximum absolute atomic E-state index is 12.6. The summed E-state index contributed by atoms with van der Waals surface area (Å²) in [6.45, 7) is 3.63. The summed E-state index contributed by atoms with van der Waals surface area (Å²) in [5.74, 6) is -0.849. The lowest BCUT2D eigenvalue weighted by molar-refractivity contribution is -0.141. The summed E-state index contributed by atoms with van der Waals surface area (Å²) in [5, 5.41) is 17.5. The van der Waals surface area contributed by atoms with E-state index in [-0.39, 0.29) is 18.2 Å². The van der Waals surface area contributed by atoms with Gasteiger partial charge in [0.1, 0.15) is 5.75 Å². The van der Waals surface area contributed by atoms with E-state index in [1.54, 1.807) is 25.1 Å². The summed E-state index contributed by atoms with van der Waals surface area (Å²) in [5.41, 5.74) is 4.68. The normalized spacial score (nSPS) is 11.3. The van der Waals surface area contributed by atoms with Crippen LogP contribution in [0.1, 0.15) is 36.5 Å². The number of nitrogens with one attached hydrogen (secondary N) is 3. The van der Waals surface area contributed by atoms with Crippen LogP contribution in [0.15, 0.2) is 66.7 Å². The average molecular weight is 504 g/mol. The van der Waals surface area contributed by atoms with Gasteiger partial charge in [0, 0.05) is 11.4 Å². The van der Waals surface area contributed by atoms with E-state index in [4.69, 9.17) is 9.84 Å². The zero-order valence-corrected chi connectivity index (χ0v) is 21.3. The number of amides is 3. The van der Waals surface area contributed by atoms with Crippen molar-refractivity contribution in [2.24, 2.45) is 5.92 Å². The molecular formula is C29H33N3O5. The van der Waals surface area contributed by atoms with Gasteiger partial charge in [-0.25, -0.2) is 4.79 Å². The summed E-state index contributed by atoms with van der Waals surface area (Å²) in [7, 11) is 1.51. The molecule has 0 fully saturated rings. The summed E-state index contributed by atoms with van der Waals surface area (Å²) >= 11 is 0. The Bertz CT molecular complexity index is 1240. The SMILES string of the molecule is COc1cc(CC(=O)Nc2ccc(CCCC(C)C(=O)O)cc2)ccc1NC(=O)Nc1ccccc1C. The first kappa shape index (κ1) is 27.3. The van der Waals surface area contributed by atoms with Crippen LogP contribution in [0.25, 0.3) is 0 Å². The highest BCUT2D eigenvalue weighted by atomic mass is 16.5. The molecule has 3 aromatic rings. The van der Waals surface area contributed by atoms with E-state index in [0.29, 0.717) is 29.2 Å². The monoisotopic (exact) mass is 503 g/mol. The zero-order chi connectivity index (χ0) is 26.8. The van der Waals surface area contributed by atoms with Crippen LogP contribution in [0.2, 0.25) is 0 Å². The van der Waals surface area contributed by atoms with Crippen LogP contribution in [-0.2, 0) is 22.4 Å². The van der Waals surface area contributed by atoms with Gasteiger partial charge in [0.25, 0.3) is 0 Å². The summed E-state index contributed by atoms with van der Waals surface area (Å²) in [6, 6.07) is 19.9. The number of para-hydroxylation sites is 1. The smallest absolute Gasteiger partial charge is 0.323 e. The number of ether oxygens (including phenoxy) is 1. The van der Waals surface area contributed by atoms with Crippen molar-refractivity contribution in [2.75, 3.05) is 23.1 Å². The first-order chi connectivity index (χ1) is 17.7. The number of aliphatic carboxylic acids is 1. The van der Waals surface area contributed by atoms with Crippen LogP contribution in [-0.4, -0.2) is 30.1 Å². The Morgan fingerprint density at radius 1 is 0.892 bits per heavy atom. The number of hydrogen-bond acceptors (Lipinski definition) is 4. The van der Waals surface area contributed by atoms with Crippen LogP contribution >= 0.6 is 0 Å². The lowest BCUT2D eigenvalue weighted by atomic mass is 10.0. The Hall–Kier alpha value is -4.33. The highest BCUT2D eigenvalue weighted by Gasteiger charge is 2.12. The Morgan fingerprint density at radius 2 is 1.57 bits per heavy atom. The number of rotatable bonds is 11. The second kappa shape index (κ2) is 13.1. The number of benzene rings is 3. The highest BCUT2D eigenvalue weighted by molar-refractivity contribution is 6.01. The van der Waals surface area contributed by atoms with Gasteiger partial charge in [-0.3, -0.25) is 9.59 Å². The minimum Gasteiger partial charge on any atom is -0.495 e. The van der Waals surface area contributed by atoms with Crippen molar-refractivity contribution in [3.05, 3.63) is 83.4 Å². The molecule has 0 aromatic heterocycles. The molecule has 0 saturated carbocycles. The molecule has 0 saturated heterocycles. The van der Waals surface area contributed by atoms with Gasteiger partial charge in [0.15, 0.2) is 0 Å². The maximum Gasteiger partial charge on any atom is 0.323 e. The number of carbonyl (C=O) groups is 3. The van der Waals surface area contributed by atoms with E-state index in [9.17, 15) is 14.4 Å². The first-order valence-electron chi connectivity index (χ1n) is 12.2. The minimum atomic E-state index is -0.773. The minimum absolute atomic E-state index is 0.140. The lowest BCUT2D eigenvalue weighted by Crippen LogP contribution is -2.20. The fraction of sp³-hybridized carbons (Fsp3) is 0.276. The molecular weight excluding hydrogens is 470 g/mol. The summed E-state index contributed by atoms with van der Waals surface area (Å²) in [6.07, 6.45) is 2.35. The van der Waals surface area contributed by atoms with E-state index >= 15 is 0 Å². The number of carbonyl (C=O) groups excluding carboxylic acids is 2. The van der Waals surface area contributed by atoms with E-state index in [0.717, 1.165) is 29.5 Å². The van der Waals surface area contributed by atoms with Crippen LogP contribution < -0.4 is 20.7 Å². The number of aryl methyl sites for hydroxylation is 2. The molecule has 0 spiro atoms. The molecule has 1 atom stereocenters. The van der Waals surface area contributed by atoms with Crippen molar-refractivity contribution < 1.29 is 24.2 Å². The fourth-order valence-corrected chi connectivity index (χ4v) is 3.82. The van der Waals surface area contributed by atoms with E-state index < -0.39 is 12.0 Å². The molecule has 0 heterocycles. The molecule has 194 valence electrons. The van der Waals surface area contributed by atoms with E-state index in [2.05, 4.69) is 16.0 Å². The Kier molecular flexibility index (Phi) is 9.66. The van der Waals surface area contributed by atoms with Crippen LogP contribution in [0.3, 0.4) is 0 Å². The van der Waals surface area contributed by atoms with Gasteiger partial charge in [0.05, 0.1) is 25.1 Å². The molecule has 0 radical (unpaired) electrons. The van der Waals surface area contributed by atoms with Gasteiger partial charge in [-0.1, -0.05) is 43.3 Å². The molecule has 0 aliphatic carbocycles. The number of hydrogen-bond donors (Lipinski definition) is 4. The second-order valence-electron chi connectivity index (χ2n) is 8.98. The van der Waals surface area contributed by atoms with Gasteiger partial charge in [-0.15, -0.1) is 0 Å². The van der Waals surface area contributed by atoms with Crippen molar-refractivity contribution in [1.82, 2.24) is 0 Å². The maximum atomic E-state index is 12.6. The Labute approximate surface area is 217 Å². The molecule has 3 rings (SSSR count). The number of carboxylic acid groups (broad SMARTS) is 1. The quantitative estimate of drug-likeness (QED) is 0.261. The van der Waals surface area contributed by atoms with E-state index in [1.807, 2.05) is 55.5 Å². The number of carboxylic acids is 1. The molecule has 0 aliphatic heterocycles. The van der Waals surface area contributed by atoms with Crippen molar-refractivity contribution in [2.45, 2.75) is 39.5 Å². The lowest BCUT2D eigenvalue weighted by Gasteiger charge is -2.14. The van der Waals surface area contributed by atoms with Crippen LogP contribution in [0.5, 0.6) is 5.75 Å². The van der Waals surface area contributed by atoms with Crippen molar-refractivity contribution >= 4 is 35.0 Å². The van der Waals surface area contributed by atoms with Gasteiger partial charge in [-0.2, -0.15) is 0 Å². The Morgan fingerprint density at radius 3 is 2.24 bits per heavy atom. The molecule has 8 heteroatoms. The van der Waals surface area contributed by atoms with Crippen molar-refractivity contribution in [1.29, 1.82) is 0 Å². The molecule has 37 heavy (non-hydrogen) atoms. The average Bonchev–Trinajstić information content (AvgIpc) is 2.87. The van der Waals surface area contributed by atoms with Gasteiger partial charge >= 0.3 is 12.0 Å². The molecule has 8 nitrogen and oxygen atoms in total. The number of anilines is 3. The predicted octanol–water partition coefficient (Wildman–Crippen LogP) is 5.87. The van der Waals surface area contributed by atoms with Crippen molar-refractivity contribution in [3.8, 4) is 5.75 Å². The largest absolute Gasteiger partial charge is 0.495 e. The standard InChI is InChI=1S/C29H33N3O5/c1-19-7-4-5-10-24(19)31-29(36)32-25-16-13-22(17-26(25)37-3)18-27(33)30-23-14-11-21(12-15-23)9-6-8-20(2)28(34)35/h4-5,7,10-17,20H,6,8-9,18H2,1-3H3,(H,30,33)(H,34,35)(H2,31,32,36). The molecule has 4 N–H and O–H groups in total. The second-order valence-corrected chi connectivity index (χ2v) is 8.98. The third kappa shape index (κ3) is 8.38. The Balaban J connectivity index is 1.52. The van der Waals surface area contributed by atoms with Crippen LogP contribution in [0, 0.1) is 12.8 Å². The van der Waals surface area contributed by atoms with Gasteiger partial charge in [0.2, 0.25) is 5.91 Å². The fourth-order valence-electron chi connectivity index (χ4n) is 3.82. The zero-order valence-electron chi connectivity index (χ0n) is 21.3. The summed E-state index contributed by atoms with van der Waals surface area (Å²) < 4.78 is 5.43. The van der Waals surface area contributed by atoms with Gasteiger partial charge in [-0.05, 0) is 73.2 Å². The third-order valence-electron chi connectivity index (χ3n) is 6.03. The highest BCUT2D eigenvalue weighted by Crippen LogP contribution is 2.26. The summed E-state index contributed by atoms with van der Waals surface area (Å²) in [4.78, 5) is 35.9. The molecule has 0 bridgehead atoms. The third-order valence-corrected chi connectivity index (χ3v) is 6.03. The molecule has 0 aliphatic rings. The van der Waals surface area contributed by atoms with Crippen LogP contribution in [0.4, 0.5) is 21.9 Å². The van der Waals surface area contributed by atoms with Crippen molar-refractivity contribution in [3.63, 3.8) is 0 Å².